The highest BCUT2D eigenvalue weighted by Gasteiger charge is 2.42. The van der Waals surface area contributed by atoms with Crippen LogP contribution in [0.1, 0.15) is 23.1 Å². The zero-order valence-electron chi connectivity index (χ0n) is 11.8. The molecule has 0 aromatic heterocycles. The van der Waals surface area contributed by atoms with E-state index < -0.39 is 5.60 Å². The van der Waals surface area contributed by atoms with E-state index in [1.807, 2.05) is 6.07 Å². The van der Waals surface area contributed by atoms with E-state index in [1.165, 1.54) is 22.4 Å². The molecular formula is C18H18BrNO. The van der Waals surface area contributed by atoms with Crippen molar-refractivity contribution in [1.82, 2.24) is 0 Å². The Morgan fingerprint density at radius 1 is 1.10 bits per heavy atom. The van der Waals surface area contributed by atoms with Crippen molar-refractivity contribution in [2.45, 2.75) is 37.3 Å². The van der Waals surface area contributed by atoms with E-state index in [4.69, 9.17) is 0 Å². The Kier molecular flexibility index (Phi) is 3.09. The molecule has 2 nitrogen and oxygen atoms in total. The predicted molar refractivity (Wildman–Crippen MR) is 88.7 cm³/mol. The Hall–Kier alpha value is -1.32. The molecule has 2 unspecified atom stereocenters. The van der Waals surface area contributed by atoms with E-state index in [9.17, 15) is 5.11 Å². The average molecular weight is 344 g/mol. The molecule has 0 saturated heterocycles. The van der Waals surface area contributed by atoms with E-state index in [1.54, 1.807) is 0 Å². The van der Waals surface area contributed by atoms with Crippen molar-refractivity contribution in [2.24, 2.45) is 0 Å². The van der Waals surface area contributed by atoms with E-state index >= 15 is 0 Å². The number of halogens is 1. The first-order valence-electron chi connectivity index (χ1n) is 7.48. The molecule has 21 heavy (non-hydrogen) atoms. The van der Waals surface area contributed by atoms with Gasteiger partial charge in [0.15, 0.2) is 0 Å². The molecule has 0 radical (unpaired) electrons. The van der Waals surface area contributed by atoms with Gasteiger partial charge in [0.25, 0.3) is 0 Å². The van der Waals surface area contributed by atoms with Crippen molar-refractivity contribution in [3.63, 3.8) is 0 Å². The Balaban J connectivity index is 1.61. The fraction of sp³-hybridized carbons (Fsp3) is 0.333. The van der Waals surface area contributed by atoms with Crippen LogP contribution in [0.2, 0.25) is 0 Å². The molecule has 2 N–H and O–H groups in total. The number of rotatable bonds is 1. The molecule has 0 fully saturated rings. The quantitative estimate of drug-likeness (QED) is 0.827. The Bertz CT molecular complexity index is 674. The van der Waals surface area contributed by atoms with Crippen molar-refractivity contribution < 1.29 is 5.11 Å². The second kappa shape index (κ2) is 4.85. The predicted octanol–water partition coefficient (Wildman–Crippen LogP) is 3.71. The summed E-state index contributed by atoms with van der Waals surface area (Å²) >= 11 is 3.53. The molecule has 4 rings (SSSR count). The topological polar surface area (TPSA) is 32.3 Å². The third kappa shape index (κ3) is 2.29. The van der Waals surface area contributed by atoms with Crippen LogP contribution in [-0.2, 0) is 19.3 Å². The second-order valence-corrected chi connectivity index (χ2v) is 7.17. The van der Waals surface area contributed by atoms with Crippen LogP contribution in [0.5, 0.6) is 0 Å². The highest BCUT2D eigenvalue weighted by Crippen LogP contribution is 2.38. The van der Waals surface area contributed by atoms with Crippen molar-refractivity contribution in [1.29, 1.82) is 0 Å². The summed E-state index contributed by atoms with van der Waals surface area (Å²) in [5.41, 5.74) is 4.49. The molecule has 0 bridgehead atoms. The van der Waals surface area contributed by atoms with Gasteiger partial charge in [-0.15, -0.1) is 0 Å². The van der Waals surface area contributed by atoms with Gasteiger partial charge >= 0.3 is 0 Å². The van der Waals surface area contributed by atoms with Crippen LogP contribution in [0.25, 0.3) is 0 Å². The van der Waals surface area contributed by atoms with Gasteiger partial charge in [-0.2, -0.15) is 0 Å². The first-order valence-corrected chi connectivity index (χ1v) is 8.27. The molecule has 3 heteroatoms. The van der Waals surface area contributed by atoms with E-state index in [-0.39, 0.29) is 6.04 Å². The number of hydrogen-bond donors (Lipinski definition) is 2. The summed E-state index contributed by atoms with van der Waals surface area (Å²) in [4.78, 5) is 0. The second-order valence-electron chi connectivity index (χ2n) is 6.25. The molecule has 108 valence electrons. The molecule has 0 spiro atoms. The summed E-state index contributed by atoms with van der Waals surface area (Å²) in [6.45, 7) is 0. The molecule has 2 aliphatic rings. The highest BCUT2D eigenvalue weighted by molar-refractivity contribution is 9.10. The van der Waals surface area contributed by atoms with E-state index in [0.29, 0.717) is 0 Å². The summed E-state index contributed by atoms with van der Waals surface area (Å²) in [7, 11) is 0. The lowest BCUT2D eigenvalue weighted by Gasteiger charge is -2.38. The van der Waals surface area contributed by atoms with Gasteiger partial charge in [0.1, 0.15) is 0 Å². The van der Waals surface area contributed by atoms with Crippen LogP contribution < -0.4 is 5.32 Å². The number of anilines is 1. The van der Waals surface area contributed by atoms with Crippen LogP contribution in [0.3, 0.4) is 0 Å². The van der Waals surface area contributed by atoms with Gasteiger partial charge in [-0.1, -0.05) is 40.2 Å². The van der Waals surface area contributed by atoms with Gasteiger partial charge in [0, 0.05) is 16.6 Å². The summed E-state index contributed by atoms with van der Waals surface area (Å²) in [6.07, 6.45) is 3.42. The Labute approximate surface area is 133 Å². The van der Waals surface area contributed by atoms with Crippen molar-refractivity contribution in [3.05, 3.63) is 63.6 Å². The number of aliphatic hydroxyl groups is 1. The van der Waals surface area contributed by atoms with Gasteiger partial charge in [-0.3, -0.25) is 0 Å². The minimum atomic E-state index is -0.653. The first-order chi connectivity index (χ1) is 10.1. The molecule has 2 aromatic rings. The van der Waals surface area contributed by atoms with Gasteiger partial charge in [0.2, 0.25) is 0 Å². The normalized spacial score (nSPS) is 26.9. The molecule has 1 heterocycles. The van der Waals surface area contributed by atoms with Gasteiger partial charge in [-0.05, 0) is 54.2 Å². The maximum Gasteiger partial charge on any atom is 0.0894 e. The lowest BCUT2D eigenvalue weighted by Crippen LogP contribution is -2.50. The minimum Gasteiger partial charge on any atom is -0.387 e. The van der Waals surface area contributed by atoms with Gasteiger partial charge in [-0.25, -0.2) is 0 Å². The molecule has 0 amide bonds. The molecule has 2 aromatic carbocycles. The van der Waals surface area contributed by atoms with Gasteiger partial charge in [0.05, 0.1) is 11.6 Å². The third-order valence-corrected chi connectivity index (χ3v) is 5.41. The van der Waals surface area contributed by atoms with Crippen LogP contribution in [0.15, 0.2) is 46.9 Å². The maximum atomic E-state index is 11.2. The monoisotopic (exact) mass is 343 g/mol. The largest absolute Gasteiger partial charge is 0.387 e. The molecule has 0 saturated carbocycles. The highest BCUT2D eigenvalue weighted by atomic mass is 79.9. The van der Waals surface area contributed by atoms with Crippen molar-refractivity contribution >= 4 is 21.6 Å². The first kappa shape index (κ1) is 13.4. The number of fused-ring (bicyclic) bond motifs is 2. The summed E-state index contributed by atoms with van der Waals surface area (Å²) in [6, 6.07) is 14.9. The molecule has 2 atom stereocenters. The van der Waals surface area contributed by atoms with Crippen molar-refractivity contribution in [2.75, 3.05) is 5.32 Å². The van der Waals surface area contributed by atoms with Crippen LogP contribution >= 0.6 is 15.9 Å². The molecular weight excluding hydrogens is 326 g/mol. The van der Waals surface area contributed by atoms with Gasteiger partial charge < -0.3 is 10.4 Å². The van der Waals surface area contributed by atoms with Crippen LogP contribution in [0.4, 0.5) is 5.69 Å². The number of para-hydroxylation sites is 1. The van der Waals surface area contributed by atoms with Crippen LogP contribution in [-0.4, -0.2) is 16.7 Å². The standard InChI is InChI=1S/C18H18BrNO/c19-15-6-5-14-11-18(21,8-7-12(14)9-15)17-10-13-3-1-2-4-16(13)20-17/h1-6,9,17,20-21H,7-8,10-11H2. The zero-order chi connectivity index (χ0) is 14.4. The summed E-state index contributed by atoms with van der Waals surface area (Å²) < 4.78 is 1.12. The number of nitrogens with one attached hydrogen (secondary N) is 1. The SMILES string of the molecule is OC1(C2Cc3ccccc3N2)CCc2cc(Br)ccc2C1. The van der Waals surface area contributed by atoms with E-state index in [0.717, 1.165) is 30.2 Å². The smallest absolute Gasteiger partial charge is 0.0894 e. The zero-order valence-corrected chi connectivity index (χ0v) is 13.4. The molecule has 1 aliphatic heterocycles. The Morgan fingerprint density at radius 3 is 2.81 bits per heavy atom. The van der Waals surface area contributed by atoms with Crippen LogP contribution in [0, 0.1) is 0 Å². The fourth-order valence-corrected chi connectivity index (χ4v) is 4.10. The fourth-order valence-electron chi connectivity index (χ4n) is 3.69. The summed E-state index contributed by atoms with van der Waals surface area (Å²) in [5, 5.41) is 14.7. The summed E-state index contributed by atoms with van der Waals surface area (Å²) in [5.74, 6) is 0. The third-order valence-electron chi connectivity index (χ3n) is 4.91. The minimum absolute atomic E-state index is 0.117. The lowest BCUT2D eigenvalue weighted by atomic mass is 9.75. The Morgan fingerprint density at radius 2 is 1.95 bits per heavy atom. The average Bonchev–Trinajstić information content (AvgIpc) is 2.92. The number of benzene rings is 2. The maximum absolute atomic E-state index is 11.2. The number of hydrogen-bond acceptors (Lipinski definition) is 2. The lowest BCUT2D eigenvalue weighted by molar-refractivity contribution is 0.00935. The molecule has 1 aliphatic carbocycles. The van der Waals surface area contributed by atoms with E-state index in [2.05, 4.69) is 57.6 Å². The number of aryl methyl sites for hydroxylation is 1. The van der Waals surface area contributed by atoms with Crippen molar-refractivity contribution in [3.8, 4) is 0 Å².